The molecule has 4 nitrogen and oxygen atoms in total. The second kappa shape index (κ2) is 6.02. The fraction of sp³-hybridized carbons (Fsp3) is 0.500. The van der Waals surface area contributed by atoms with Gasteiger partial charge in [-0.2, -0.15) is 0 Å². The molecule has 0 radical (unpaired) electrons. The average Bonchev–Trinajstić information content (AvgIpc) is 2.27. The van der Waals surface area contributed by atoms with E-state index in [0.717, 1.165) is 5.56 Å². The first-order chi connectivity index (χ1) is 7.96. The van der Waals surface area contributed by atoms with Crippen LogP contribution in [-0.4, -0.2) is 27.8 Å². The van der Waals surface area contributed by atoms with E-state index < -0.39 is 9.84 Å². The molecule has 0 aliphatic rings. The van der Waals surface area contributed by atoms with Gasteiger partial charge < -0.3 is 10.5 Å². The molecule has 2 N–H and O–H groups in total. The summed E-state index contributed by atoms with van der Waals surface area (Å²) in [6.45, 7) is 2.22. The van der Waals surface area contributed by atoms with Crippen LogP contribution in [0, 0.1) is 5.92 Å². The number of methoxy groups -OCH3 is 1. The zero-order chi connectivity index (χ0) is 12.9. The van der Waals surface area contributed by atoms with Crippen molar-refractivity contribution in [1.29, 1.82) is 0 Å². The van der Waals surface area contributed by atoms with Gasteiger partial charge >= 0.3 is 0 Å². The zero-order valence-corrected chi connectivity index (χ0v) is 11.0. The summed E-state index contributed by atoms with van der Waals surface area (Å²) in [5.41, 5.74) is 6.18. The van der Waals surface area contributed by atoms with Crippen LogP contribution in [0.4, 0.5) is 0 Å². The Hall–Kier alpha value is -1.07. The fourth-order valence-corrected chi connectivity index (χ4v) is 3.38. The molecule has 0 saturated heterocycles. The van der Waals surface area contributed by atoms with E-state index in [1.807, 2.05) is 6.92 Å². The first-order valence-electron chi connectivity index (χ1n) is 5.50. The highest BCUT2D eigenvalue weighted by atomic mass is 32.2. The lowest BCUT2D eigenvalue weighted by molar-refractivity contribution is 0.414. The highest BCUT2D eigenvalue weighted by Crippen LogP contribution is 2.16. The predicted molar refractivity (Wildman–Crippen MR) is 68.7 cm³/mol. The SMILES string of the molecule is COc1cccc(CS(=O)(=O)CC(C)CN)c1. The molecule has 96 valence electrons. The molecule has 0 aliphatic heterocycles. The maximum Gasteiger partial charge on any atom is 0.154 e. The van der Waals surface area contributed by atoms with Gasteiger partial charge in [-0.05, 0) is 30.2 Å². The standard InChI is InChI=1S/C12H19NO3S/c1-10(7-13)8-17(14,15)9-11-4-3-5-12(6-11)16-2/h3-6,10H,7-9,13H2,1-2H3. The normalized spacial score (nSPS) is 13.4. The molecule has 1 aromatic carbocycles. The van der Waals surface area contributed by atoms with Crippen molar-refractivity contribution >= 4 is 9.84 Å². The lowest BCUT2D eigenvalue weighted by Gasteiger charge is -2.10. The minimum absolute atomic E-state index is 0.00870. The van der Waals surface area contributed by atoms with Crippen LogP contribution in [0.2, 0.25) is 0 Å². The summed E-state index contributed by atoms with van der Waals surface area (Å²) in [6.07, 6.45) is 0. The maximum absolute atomic E-state index is 11.9. The minimum atomic E-state index is -3.11. The molecule has 0 amide bonds. The second-order valence-electron chi connectivity index (χ2n) is 4.25. The number of sulfone groups is 1. The van der Waals surface area contributed by atoms with Gasteiger partial charge in [0.2, 0.25) is 0 Å². The van der Waals surface area contributed by atoms with Crippen LogP contribution in [0.1, 0.15) is 12.5 Å². The Morgan fingerprint density at radius 2 is 2.12 bits per heavy atom. The van der Waals surface area contributed by atoms with Gasteiger partial charge in [-0.25, -0.2) is 8.42 Å². The molecule has 0 saturated carbocycles. The van der Waals surface area contributed by atoms with Crippen molar-refractivity contribution in [1.82, 2.24) is 0 Å². The van der Waals surface area contributed by atoms with Gasteiger partial charge in [0, 0.05) is 0 Å². The molecular weight excluding hydrogens is 238 g/mol. The maximum atomic E-state index is 11.9. The highest BCUT2D eigenvalue weighted by molar-refractivity contribution is 7.90. The average molecular weight is 257 g/mol. The summed E-state index contributed by atoms with van der Waals surface area (Å²) in [7, 11) is -1.55. The summed E-state index contributed by atoms with van der Waals surface area (Å²) < 4.78 is 28.8. The van der Waals surface area contributed by atoms with Gasteiger partial charge in [0.15, 0.2) is 9.84 Å². The molecular formula is C12H19NO3S. The van der Waals surface area contributed by atoms with E-state index in [2.05, 4.69) is 0 Å². The van der Waals surface area contributed by atoms with E-state index in [9.17, 15) is 8.42 Å². The first kappa shape index (κ1) is 14.0. The summed E-state index contributed by atoms with van der Waals surface area (Å²) in [5, 5.41) is 0. The van der Waals surface area contributed by atoms with Crippen molar-refractivity contribution in [3.63, 3.8) is 0 Å². The predicted octanol–water partition coefficient (Wildman–Crippen LogP) is 1.20. The minimum Gasteiger partial charge on any atom is -0.497 e. The molecule has 0 spiro atoms. The van der Waals surface area contributed by atoms with E-state index in [1.54, 1.807) is 31.4 Å². The Bertz CT molecular complexity index is 457. The zero-order valence-electron chi connectivity index (χ0n) is 10.2. The molecule has 5 heteroatoms. The van der Waals surface area contributed by atoms with Crippen molar-refractivity contribution in [2.75, 3.05) is 19.4 Å². The Balaban J connectivity index is 2.75. The largest absolute Gasteiger partial charge is 0.497 e. The number of nitrogens with two attached hydrogens (primary N) is 1. The topological polar surface area (TPSA) is 69.4 Å². The lowest BCUT2D eigenvalue weighted by atomic mass is 10.2. The molecule has 1 rings (SSSR count). The molecule has 0 fully saturated rings. The fourth-order valence-electron chi connectivity index (χ4n) is 1.58. The van der Waals surface area contributed by atoms with E-state index in [1.165, 1.54) is 0 Å². The van der Waals surface area contributed by atoms with E-state index in [4.69, 9.17) is 10.5 Å². The van der Waals surface area contributed by atoms with Gasteiger partial charge in [0.05, 0.1) is 18.6 Å². The molecule has 1 unspecified atom stereocenters. The quantitative estimate of drug-likeness (QED) is 0.831. The summed E-state index contributed by atoms with van der Waals surface area (Å²) in [4.78, 5) is 0. The van der Waals surface area contributed by atoms with Crippen molar-refractivity contribution in [3.8, 4) is 5.75 Å². The highest BCUT2D eigenvalue weighted by Gasteiger charge is 2.16. The molecule has 0 heterocycles. The number of hydrogen-bond donors (Lipinski definition) is 1. The van der Waals surface area contributed by atoms with Gasteiger partial charge in [-0.1, -0.05) is 19.1 Å². The van der Waals surface area contributed by atoms with Crippen LogP contribution in [0.15, 0.2) is 24.3 Å². The summed E-state index contributed by atoms with van der Waals surface area (Å²) in [5.74, 6) is 0.824. The van der Waals surface area contributed by atoms with Gasteiger partial charge in [0.25, 0.3) is 0 Å². The summed E-state index contributed by atoms with van der Waals surface area (Å²) >= 11 is 0. The number of benzene rings is 1. The van der Waals surface area contributed by atoms with Gasteiger partial charge in [-0.15, -0.1) is 0 Å². The molecule has 0 bridgehead atoms. The molecule has 1 atom stereocenters. The number of ether oxygens (including phenoxy) is 1. The molecule has 0 aromatic heterocycles. The van der Waals surface area contributed by atoms with Crippen molar-refractivity contribution < 1.29 is 13.2 Å². The van der Waals surface area contributed by atoms with E-state index in [-0.39, 0.29) is 17.4 Å². The Kier molecular flexibility index (Phi) is 4.96. The van der Waals surface area contributed by atoms with Gasteiger partial charge in [0.1, 0.15) is 5.75 Å². The van der Waals surface area contributed by atoms with E-state index in [0.29, 0.717) is 12.3 Å². The van der Waals surface area contributed by atoms with Crippen LogP contribution < -0.4 is 10.5 Å². The van der Waals surface area contributed by atoms with E-state index >= 15 is 0 Å². The van der Waals surface area contributed by atoms with Crippen LogP contribution >= 0.6 is 0 Å². The summed E-state index contributed by atoms with van der Waals surface area (Å²) in [6, 6.07) is 7.10. The van der Waals surface area contributed by atoms with Crippen molar-refractivity contribution in [2.45, 2.75) is 12.7 Å². The lowest BCUT2D eigenvalue weighted by Crippen LogP contribution is -2.22. The van der Waals surface area contributed by atoms with Crippen LogP contribution in [0.5, 0.6) is 5.75 Å². The Morgan fingerprint density at radius 3 is 2.71 bits per heavy atom. The molecule has 1 aromatic rings. The first-order valence-corrected chi connectivity index (χ1v) is 7.32. The van der Waals surface area contributed by atoms with Crippen molar-refractivity contribution in [2.24, 2.45) is 11.7 Å². The van der Waals surface area contributed by atoms with Crippen LogP contribution in [-0.2, 0) is 15.6 Å². The third-order valence-corrected chi connectivity index (χ3v) is 4.31. The number of rotatable bonds is 6. The van der Waals surface area contributed by atoms with Crippen LogP contribution in [0.3, 0.4) is 0 Å². The third-order valence-electron chi connectivity index (χ3n) is 2.46. The second-order valence-corrected chi connectivity index (χ2v) is 6.36. The molecule has 17 heavy (non-hydrogen) atoms. The Morgan fingerprint density at radius 1 is 1.41 bits per heavy atom. The monoisotopic (exact) mass is 257 g/mol. The third kappa shape index (κ3) is 4.75. The Labute approximate surface area is 103 Å². The number of hydrogen-bond acceptors (Lipinski definition) is 4. The smallest absolute Gasteiger partial charge is 0.154 e. The van der Waals surface area contributed by atoms with Crippen molar-refractivity contribution in [3.05, 3.63) is 29.8 Å². The van der Waals surface area contributed by atoms with Gasteiger partial charge in [-0.3, -0.25) is 0 Å². The van der Waals surface area contributed by atoms with Crippen LogP contribution in [0.25, 0.3) is 0 Å². The molecule has 0 aliphatic carbocycles.